The average Bonchev–Trinajstić information content (AvgIpc) is 1.87. The number of rotatable bonds is 3. The van der Waals surface area contributed by atoms with Gasteiger partial charge in [-0.25, -0.2) is 0 Å². The molecule has 0 radical (unpaired) electrons. The fourth-order valence-electron chi connectivity index (χ4n) is 0.493. The van der Waals surface area contributed by atoms with E-state index in [0.717, 1.165) is 0 Å². The van der Waals surface area contributed by atoms with Gasteiger partial charge in [0.1, 0.15) is 0 Å². The predicted molar refractivity (Wildman–Crippen MR) is 44.0 cm³/mol. The van der Waals surface area contributed by atoms with Crippen LogP contribution in [0.3, 0.4) is 0 Å². The van der Waals surface area contributed by atoms with Gasteiger partial charge in [0, 0.05) is 5.57 Å². The first-order valence-corrected chi connectivity index (χ1v) is 3.25. The quantitative estimate of drug-likeness (QED) is 0.349. The minimum absolute atomic E-state index is 0.458. The summed E-state index contributed by atoms with van der Waals surface area (Å²) in [6.07, 6.45) is 6.47. The molecule has 0 saturated carbocycles. The van der Waals surface area contributed by atoms with Crippen LogP contribution in [0.25, 0.3) is 0 Å². The normalized spacial score (nSPS) is 12.0. The minimum atomic E-state index is -0.460. The largest absolute Gasteiger partial charge is 0.276 e. The van der Waals surface area contributed by atoms with Gasteiger partial charge >= 0.3 is 0 Å². The molecule has 0 unspecified atom stereocenters. The average molecular weight is 157 g/mol. The predicted octanol–water partition coefficient (Wildman–Crippen LogP) is 2.44. The van der Waals surface area contributed by atoms with Crippen molar-refractivity contribution in [3.63, 3.8) is 0 Å². The number of carbonyl (C=O) groups is 1. The number of allylic oxidation sites excluding steroid dienone is 5. The lowest BCUT2D eigenvalue weighted by Gasteiger charge is -1.88. The van der Waals surface area contributed by atoms with Gasteiger partial charge in [0.25, 0.3) is 5.24 Å². The molecule has 0 bridgehead atoms. The van der Waals surface area contributed by atoms with Gasteiger partial charge in [-0.05, 0) is 18.5 Å². The van der Waals surface area contributed by atoms with E-state index >= 15 is 0 Å². The molecule has 0 rings (SSSR count). The Kier molecular flexibility index (Phi) is 4.59. The highest BCUT2D eigenvalue weighted by atomic mass is 35.5. The summed E-state index contributed by atoms with van der Waals surface area (Å²) in [5.41, 5.74) is 0.458. The molecule has 0 aromatic rings. The van der Waals surface area contributed by atoms with Gasteiger partial charge in [0.2, 0.25) is 0 Å². The van der Waals surface area contributed by atoms with Crippen molar-refractivity contribution in [1.29, 1.82) is 0 Å². The Morgan fingerprint density at radius 1 is 1.60 bits per heavy atom. The molecule has 0 saturated heterocycles. The first-order valence-electron chi connectivity index (χ1n) is 2.87. The third kappa shape index (κ3) is 3.25. The van der Waals surface area contributed by atoms with Crippen LogP contribution in [0, 0.1) is 0 Å². The van der Waals surface area contributed by atoms with Crippen molar-refractivity contribution < 1.29 is 4.79 Å². The lowest BCUT2D eigenvalue weighted by molar-refractivity contribution is -0.108. The SMILES string of the molecule is C=CC=C(C=CC)C(=O)Cl. The van der Waals surface area contributed by atoms with Crippen LogP contribution in [0.2, 0.25) is 0 Å². The van der Waals surface area contributed by atoms with Crippen molar-refractivity contribution >= 4 is 16.8 Å². The summed E-state index contributed by atoms with van der Waals surface area (Å²) < 4.78 is 0. The fourth-order valence-corrected chi connectivity index (χ4v) is 0.619. The van der Waals surface area contributed by atoms with Gasteiger partial charge in [0.05, 0.1) is 0 Å². The molecular formula is C8H9ClO. The molecule has 0 aliphatic rings. The Hall–Kier alpha value is -0.820. The Bertz CT molecular complexity index is 189. The Morgan fingerprint density at radius 3 is 2.50 bits per heavy atom. The second-order valence-corrected chi connectivity index (χ2v) is 1.97. The molecule has 0 N–H and O–H groups in total. The Morgan fingerprint density at radius 2 is 2.20 bits per heavy atom. The summed E-state index contributed by atoms with van der Waals surface area (Å²) in [6.45, 7) is 5.26. The van der Waals surface area contributed by atoms with Crippen LogP contribution < -0.4 is 0 Å². The van der Waals surface area contributed by atoms with Crippen LogP contribution in [0.5, 0.6) is 0 Å². The van der Waals surface area contributed by atoms with Crippen molar-refractivity contribution in [2.45, 2.75) is 6.92 Å². The first kappa shape index (κ1) is 9.18. The molecule has 0 spiro atoms. The Labute approximate surface area is 65.7 Å². The maximum absolute atomic E-state index is 10.5. The van der Waals surface area contributed by atoms with Crippen molar-refractivity contribution in [2.75, 3.05) is 0 Å². The van der Waals surface area contributed by atoms with E-state index < -0.39 is 5.24 Å². The Balaban J connectivity index is 4.41. The van der Waals surface area contributed by atoms with Crippen LogP contribution in [-0.4, -0.2) is 5.24 Å². The third-order valence-corrected chi connectivity index (χ3v) is 1.09. The molecule has 0 atom stereocenters. The van der Waals surface area contributed by atoms with Gasteiger partial charge in [-0.3, -0.25) is 4.79 Å². The van der Waals surface area contributed by atoms with Crippen molar-refractivity contribution in [2.24, 2.45) is 0 Å². The molecule has 0 amide bonds. The summed E-state index contributed by atoms with van der Waals surface area (Å²) in [6, 6.07) is 0. The maximum Gasteiger partial charge on any atom is 0.252 e. The van der Waals surface area contributed by atoms with E-state index in [-0.39, 0.29) is 0 Å². The lowest BCUT2D eigenvalue weighted by atomic mass is 10.2. The molecule has 2 heteroatoms. The van der Waals surface area contributed by atoms with E-state index in [2.05, 4.69) is 6.58 Å². The number of halogens is 1. The highest BCUT2D eigenvalue weighted by Crippen LogP contribution is 2.01. The van der Waals surface area contributed by atoms with Gasteiger partial charge < -0.3 is 0 Å². The van der Waals surface area contributed by atoms with Gasteiger partial charge in [0.15, 0.2) is 0 Å². The zero-order valence-electron chi connectivity index (χ0n) is 5.80. The lowest BCUT2D eigenvalue weighted by Crippen LogP contribution is -1.87. The molecule has 0 heterocycles. The third-order valence-electron chi connectivity index (χ3n) is 0.871. The summed E-state index contributed by atoms with van der Waals surface area (Å²) in [5, 5.41) is -0.460. The van der Waals surface area contributed by atoms with Crippen LogP contribution in [0.1, 0.15) is 6.92 Å². The molecular weight excluding hydrogens is 148 g/mol. The highest BCUT2D eigenvalue weighted by molar-refractivity contribution is 6.68. The second-order valence-electron chi connectivity index (χ2n) is 1.63. The monoisotopic (exact) mass is 156 g/mol. The smallest absolute Gasteiger partial charge is 0.252 e. The summed E-state index contributed by atoms with van der Waals surface area (Å²) in [4.78, 5) is 10.5. The van der Waals surface area contributed by atoms with Crippen molar-refractivity contribution in [3.05, 3.63) is 36.5 Å². The summed E-state index contributed by atoms with van der Waals surface area (Å²) >= 11 is 5.20. The maximum atomic E-state index is 10.5. The van der Waals surface area contributed by atoms with E-state index in [1.807, 2.05) is 6.92 Å². The van der Waals surface area contributed by atoms with Crippen LogP contribution in [-0.2, 0) is 4.79 Å². The molecule has 0 aromatic heterocycles. The fraction of sp³-hybridized carbons (Fsp3) is 0.125. The van der Waals surface area contributed by atoms with Gasteiger partial charge in [-0.1, -0.05) is 30.9 Å². The van der Waals surface area contributed by atoms with E-state index in [4.69, 9.17) is 11.6 Å². The van der Waals surface area contributed by atoms with Gasteiger partial charge in [-0.2, -0.15) is 0 Å². The molecule has 10 heavy (non-hydrogen) atoms. The first-order chi connectivity index (χ1) is 4.72. The molecule has 54 valence electrons. The van der Waals surface area contributed by atoms with Crippen LogP contribution in [0.4, 0.5) is 0 Å². The second kappa shape index (κ2) is 5.00. The number of carbonyl (C=O) groups excluding carboxylic acids is 1. The minimum Gasteiger partial charge on any atom is -0.276 e. The van der Waals surface area contributed by atoms with Crippen LogP contribution in [0.15, 0.2) is 36.5 Å². The molecule has 1 nitrogen and oxygen atoms in total. The van der Waals surface area contributed by atoms with E-state index in [1.54, 1.807) is 18.2 Å². The topological polar surface area (TPSA) is 17.1 Å². The zero-order valence-corrected chi connectivity index (χ0v) is 6.56. The van der Waals surface area contributed by atoms with Crippen molar-refractivity contribution in [1.82, 2.24) is 0 Å². The zero-order chi connectivity index (χ0) is 7.98. The van der Waals surface area contributed by atoms with E-state index in [0.29, 0.717) is 5.57 Å². The van der Waals surface area contributed by atoms with Gasteiger partial charge in [-0.15, -0.1) is 0 Å². The van der Waals surface area contributed by atoms with E-state index in [9.17, 15) is 4.79 Å². The van der Waals surface area contributed by atoms with Crippen LogP contribution >= 0.6 is 11.6 Å². The molecule has 0 aromatic carbocycles. The highest BCUT2D eigenvalue weighted by Gasteiger charge is 1.97. The number of hydrogen-bond donors (Lipinski definition) is 0. The number of hydrogen-bond acceptors (Lipinski definition) is 1. The molecule has 0 fully saturated rings. The standard InChI is InChI=1S/C8H9ClO/c1-3-5-7(6-4-2)8(9)10/h3-6H,1H2,2H3. The van der Waals surface area contributed by atoms with E-state index in [1.165, 1.54) is 6.08 Å². The molecule has 0 aliphatic heterocycles. The van der Waals surface area contributed by atoms with Crippen molar-refractivity contribution in [3.8, 4) is 0 Å². The summed E-state index contributed by atoms with van der Waals surface area (Å²) in [5.74, 6) is 0. The summed E-state index contributed by atoms with van der Waals surface area (Å²) in [7, 11) is 0. The molecule has 0 aliphatic carbocycles.